The fourth-order valence-corrected chi connectivity index (χ4v) is 1.79. The Morgan fingerprint density at radius 3 is 2.70 bits per heavy atom. The van der Waals surface area contributed by atoms with E-state index in [9.17, 15) is 9.59 Å². The van der Waals surface area contributed by atoms with Crippen LogP contribution in [0.5, 0.6) is 11.5 Å². The molecule has 0 atom stereocenters. The molecule has 0 fully saturated rings. The van der Waals surface area contributed by atoms with Gasteiger partial charge in [0.05, 0.1) is 0 Å². The number of anilines is 1. The summed E-state index contributed by atoms with van der Waals surface area (Å²) in [6.45, 7) is 2.34. The van der Waals surface area contributed by atoms with E-state index in [-0.39, 0.29) is 19.2 Å². The lowest BCUT2D eigenvalue weighted by Crippen LogP contribution is -2.30. The number of rotatable bonds is 5. The summed E-state index contributed by atoms with van der Waals surface area (Å²) in [7, 11) is 0. The molecule has 1 heterocycles. The van der Waals surface area contributed by atoms with Crippen molar-refractivity contribution in [2.45, 2.75) is 19.8 Å². The second-order valence-electron chi connectivity index (χ2n) is 4.40. The van der Waals surface area contributed by atoms with Crippen molar-refractivity contribution >= 4 is 17.7 Å². The molecular formula is C13H16N2O5. The largest absolute Gasteiger partial charge is 0.481 e. The minimum atomic E-state index is -0.876. The highest BCUT2D eigenvalue weighted by atomic mass is 16.7. The van der Waals surface area contributed by atoms with Crippen LogP contribution in [0.2, 0.25) is 0 Å². The predicted octanol–water partition coefficient (Wildman–Crippen LogP) is 1.71. The first-order chi connectivity index (χ1) is 9.56. The van der Waals surface area contributed by atoms with E-state index in [2.05, 4.69) is 10.6 Å². The number of hydrogen-bond acceptors (Lipinski definition) is 4. The highest BCUT2D eigenvalue weighted by Gasteiger charge is 2.16. The van der Waals surface area contributed by atoms with E-state index in [4.69, 9.17) is 14.6 Å². The van der Waals surface area contributed by atoms with Gasteiger partial charge in [-0.15, -0.1) is 0 Å². The van der Waals surface area contributed by atoms with Gasteiger partial charge in [-0.2, -0.15) is 0 Å². The summed E-state index contributed by atoms with van der Waals surface area (Å²) in [4.78, 5) is 22.0. The summed E-state index contributed by atoms with van der Waals surface area (Å²) in [6.07, 6.45) is 0.423. The normalized spacial score (nSPS) is 12.1. The standard InChI is InChI=1S/C13H16N2O5/c1-8-5-10-11(20-7-19-10)6-9(8)15-13(18)14-4-2-3-12(16)17/h5-6H,2-4,7H2,1H3,(H,16,17)(H2,14,15,18). The van der Waals surface area contributed by atoms with Crippen LogP contribution in [0.4, 0.5) is 10.5 Å². The zero-order valence-electron chi connectivity index (χ0n) is 11.1. The van der Waals surface area contributed by atoms with E-state index in [1.165, 1.54) is 0 Å². The first kappa shape index (κ1) is 14.0. The molecule has 7 heteroatoms. The molecule has 0 aliphatic carbocycles. The lowest BCUT2D eigenvalue weighted by molar-refractivity contribution is -0.137. The fraction of sp³-hybridized carbons (Fsp3) is 0.385. The first-order valence-corrected chi connectivity index (χ1v) is 6.23. The number of amides is 2. The molecule has 0 spiro atoms. The summed E-state index contributed by atoms with van der Waals surface area (Å²) in [5.41, 5.74) is 1.49. The Morgan fingerprint density at radius 2 is 2.00 bits per heavy atom. The quantitative estimate of drug-likeness (QED) is 0.713. The summed E-state index contributed by atoms with van der Waals surface area (Å²) < 4.78 is 10.5. The highest BCUT2D eigenvalue weighted by molar-refractivity contribution is 5.90. The van der Waals surface area contributed by atoms with E-state index in [0.717, 1.165) is 5.56 Å². The molecule has 0 bridgehead atoms. The Morgan fingerprint density at radius 1 is 1.30 bits per heavy atom. The summed E-state index contributed by atoms with van der Waals surface area (Å²) in [5, 5.41) is 13.8. The molecule has 20 heavy (non-hydrogen) atoms. The fourth-order valence-electron chi connectivity index (χ4n) is 1.79. The van der Waals surface area contributed by atoms with Gasteiger partial charge in [0.2, 0.25) is 6.79 Å². The van der Waals surface area contributed by atoms with Gasteiger partial charge in [-0.1, -0.05) is 0 Å². The third-order valence-electron chi connectivity index (χ3n) is 2.82. The van der Waals surface area contributed by atoms with Crippen LogP contribution in [0.15, 0.2) is 12.1 Å². The highest BCUT2D eigenvalue weighted by Crippen LogP contribution is 2.36. The van der Waals surface area contributed by atoms with Crippen LogP contribution in [0.1, 0.15) is 18.4 Å². The maximum atomic E-state index is 11.7. The minimum absolute atomic E-state index is 0.0311. The van der Waals surface area contributed by atoms with Crippen molar-refractivity contribution in [3.63, 3.8) is 0 Å². The Kier molecular flexibility index (Phi) is 4.29. The van der Waals surface area contributed by atoms with Crippen LogP contribution < -0.4 is 20.1 Å². The number of carboxylic acids is 1. The number of carbonyl (C=O) groups excluding carboxylic acids is 1. The van der Waals surface area contributed by atoms with Crippen LogP contribution in [0.3, 0.4) is 0 Å². The molecule has 3 N–H and O–H groups in total. The monoisotopic (exact) mass is 280 g/mol. The van der Waals surface area contributed by atoms with Gasteiger partial charge in [-0.3, -0.25) is 4.79 Å². The minimum Gasteiger partial charge on any atom is -0.481 e. The molecule has 1 aromatic carbocycles. The number of nitrogens with one attached hydrogen (secondary N) is 2. The number of hydrogen-bond donors (Lipinski definition) is 3. The van der Waals surface area contributed by atoms with Crippen molar-refractivity contribution in [2.24, 2.45) is 0 Å². The molecule has 0 saturated heterocycles. The Hall–Kier alpha value is -2.44. The number of urea groups is 1. The van der Waals surface area contributed by atoms with Crippen molar-refractivity contribution in [3.05, 3.63) is 17.7 Å². The van der Waals surface area contributed by atoms with Crippen LogP contribution in [0, 0.1) is 6.92 Å². The molecule has 7 nitrogen and oxygen atoms in total. The van der Waals surface area contributed by atoms with Gasteiger partial charge in [0.25, 0.3) is 0 Å². The van der Waals surface area contributed by atoms with Crippen LogP contribution in [0.25, 0.3) is 0 Å². The van der Waals surface area contributed by atoms with E-state index in [1.54, 1.807) is 12.1 Å². The summed E-state index contributed by atoms with van der Waals surface area (Å²) in [5.74, 6) is 0.380. The van der Waals surface area contributed by atoms with Crippen LogP contribution in [-0.2, 0) is 4.79 Å². The van der Waals surface area contributed by atoms with Gasteiger partial charge in [0.1, 0.15) is 0 Å². The molecule has 2 amide bonds. The van der Waals surface area contributed by atoms with Gasteiger partial charge in [0, 0.05) is 24.7 Å². The number of carboxylic acid groups (broad SMARTS) is 1. The predicted molar refractivity (Wildman–Crippen MR) is 71.2 cm³/mol. The van der Waals surface area contributed by atoms with Gasteiger partial charge in [0.15, 0.2) is 11.5 Å². The molecule has 0 saturated carbocycles. The molecule has 108 valence electrons. The van der Waals surface area contributed by atoms with Crippen molar-refractivity contribution in [3.8, 4) is 11.5 Å². The molecule has 2 rings (SSSR count). The van der Waals surface area contributed by atoms with Gasteiger partial charge in [-0.25, -0.2) is 4.79 Å². The van der Waals surface area contributed by atoms with E-state index < -0.39 is 5.97 Å². The van der Waals surface area contributed by atoms with Crippen molar-refractivity contribution in [2.75, 3.05) is 18.7 Å². The van der Waals surface area contributed by atoms with Crippen molar-refractivity contribution < 1.29 is 24.2 Å². The number of benzene rings is 1. The maximum Gasteiger partial charge on any atom is 0.319 e. The number of aryl methyl sites for hydroxylation is 1. The van der Waals surface area contributed by atoms with Crippen molar-refractivity contribution in [1.82, 2.24) is 5.32 Å². The molecule has 1 aliphatic heterocycles. The third kappa shape index (κ3) is 3.53. The van der Waals surface area contributed by atoms with E-state index >= 15 is 0 Å². The van der Waals surface area contributed by atoms with Crippen molar-refractivity contribution in [1.29, 1.82) is 0 Å². The zero-order valence-corrected chi connectivity index (χ0v) is 11.1. The molecule has 0 aromatic heterocycles. The first-order valence-electron chi connectivity index (χ1n) is 6.23. The summed E-state index contributed by atoms with van der Waals surface area (Å²) >= 11 is 0. The zero-order chi connectivity index (χ0) is 14.5. The molecule has 0 radical (unpaired) electrons. The molecule has 1 aliphatic rings. The second kappa shape index (κ2) is 6.14. The van der Waals surface area contributed by atoms with Crippen LogP contribution in [-0.4, -0.2) is 30.4 Å². The smallest absolute Gasteiger partial charge is 0.319 e. The number of carbonyl (C=O) groups is 2. The molecule has 1 aromatic rings. The molecular weight excluding hydrogens is 264 g/mol. The topological polar surface area (TPSA) is 96.9 Å². The second-order valence-corrected chi connectivity index (χ2v) is 4.40. The average molecular weight is 280 g/mol. The Balaban J connectivity index is 1.86. The molecule has 0 unspecified atom stereocenters. The lowest BCUT2D eigenvalue weighted by Gasteiger charge is -2.10. The number of ether oxygens (including phenoxy) is 2. The Labute approximate surface area is 115 Å². The lowest BCUT2D eigenvalue weighted by atomic mass is 10.2. The SMILES string of the molecule is Cc1cc2c(cc1NC(=O)NCCCC(=O)O)OCO2. The maximum absolute atomic E-state index is 11.7. The third-order valence-corrected chi connectivity index (χ3v) is 2.82. The average Bonchev–Trinajstić information content (AvgIpc) is 2.82. The van der Waals surface area contributed by atoms with Gasteiger partial charge < -0.3 is 25.2 Å². The Bertz CT molecular complexity index is 530. The van der Waals surface area contributed by atoms with Gasteiger partial charge in [-0.05, 0) is 25.0 Å². The summed E-state index contributed by atoms with van der Waals surface area (Å²) in [6, 6.07) is 3.12. The number of aliphatic carboxylic acids is 1. The number of fused-ring (bicyclic) bond motifs is 1. The van der Waals surface area contributed by atoms with Gasteiger partial charge >= 0.3 is 12.0 Å². The van der Waals surface area contributed by atoms with Crippen LogP contribution >= 0.6 is 0 Å². The van der Waals surface area contributed by atoms with E-state index in [0.29, 0.717) is 30.2 Å². The van der Waals surface area contributed by atoms with E-state index in [1.807, 2.05) is 6.92 Å².